The molecule has 5 aromatic rings. The van der Waals surface area contributed by atoms with E-state index in [0.29, 0.717) is 48.2 Å². The van der Waals surface area contributed by atoms with Gasteiger partial charge in [0.15, 0.2) is 0 Å². The van der Waals surface area contributed by atoms with Crippen LogP contribution < -0.4 is 10.3 Å². The SMILES string of the molecule is CN1CCN(c2cc3c(cc2F)c(=O)c(-c2noc(Cc4ccccc4)n2)cn3Cc2ccc(Cl)cc2)CC1. The lowest BCUT2D eigenvalue weighted by Crippen LogP contribution is -2.44. The fraction of sp³-hybridized carbons (Fsp3) is 0.233. The van der Waals surface area contributed by atoms with Gasteiger partial charge in [-0.05, 0) is 42.4 Å². The third-order valence-corrected chi connectivity index (χ3v) is 7.42. The van der Waals surface area contributed by atoms with Gasteiger partial charge in [-0.25, -0.2) is 4.39 Å². The largest absolute Gasteiger partial charge is 0.367 e. The molecule has 0 radical (unpaired) electrons. The molecule has 9 heteroatoms. The average Bonchev–Trinajstić information content (AvgIpc) is 3.40. The maximum Gasteiger partial charge on any atom is 0.231 e. The summed E-state index contributed by atoms with van der Waals surface area (Å²) in [5, 5.41) is 5.02. The summed E-state index contributed by atoms with van der Waals surface area (Å²) < 4.78 is 22.9. The number of pyridine rings is 1. The highest BCUT2D eigenvalue weighted by Crippen LogP contribution is 2.28. The van der Waals surface area contributed by atoms with Gasteiger partial charge in [0, 0.05) is 49.3 Å². The molecule has 0 saturated carbocycles. The first kappa shape index (κ1) is 25.3. The predicted molar refractivity (Wildman–Crippen MR) is 151 cm³/mol. The van der Waals surface area contributed by atoms with Gasteiger partial charge in [-0.15, -0.1) is 0 Å². The minimum absolute atomic E-state index is 0.182. The summed E-state index contributed by atoms with van der Waals surface area (Å²) in [5.74, 6) is 0.162. The molecule has 198 valence electrons. The van der Waals surface area contributed by atoms with Gasteiger partial charge < -0.3 is 18.9 Å². The second-order valence-electron chi connectivity index (χ2n) is 9.91. The first-order chi connectivity index (χ1) is 18.9. The van der Waals surface area contributed by atoms with Crippen LogP contribution in [0.1, 0.15) is 17.0 Å². The number of rotatable bonds is 6. The zero-order chi connectivity index (χ0) is 26.9. The number of aromatic nitrogens is 3. The minimum atomic E-state index is -0.419. The van der Waals surface area contributed by atoms with E-state index in [4.69, 9.17) is 16.1 Å². The van der Waals surface area contributed by atoms with E-state index >= 15 is 4.39 Å². The standard InChI is InChI=1S/C30H27ClFN5O2/c1-35-11-13-36(14-12-35)27-17-26-23(16-25(27)32)29(38)24(19-37(26)18-21-7-9-22(31)10-8-21)30-33-28(39-34-30)15-20-5-3-2-4-6-20/h2-10,16-17,19H,11-15,18H2,1H3. The topological polar surface area (TPSA) is 67.4 Å². The van der Waals surface area contributed by atoms with E-state index in [9.17, 15) is 4.79 Å². The van der Waals surface area contributed by atoms with Crippen molar-refractivity contribution in [3.05, 3.63) is 111 Å². The molecule has 1 aliphatic rings. The van der Waals surface area contributed by atoms with Crippen LogP contribution in [0.3, 0.4) is 0 Å². The van der Waals surface area contributed by atoms with Gasteiger partial charge >= 0.3 is 0 Å². The molecule has 39 heavy (non-hydrogen) atoms. The number of hydrogen-bond acceptors (Lipinski definition) is 6. The first-order valence-electron chi connectivity index (χ1n) is 12.9. The number of nitrogens with zero attached hydrogens (tertiary/aromatic N) is 5. The first-order valence-corrected chi connectivity index (χ1v) is 13.2. The van der Waals surface area contributed by atoms with Gasteiger partial charge in [0.05, 0.1) is 23.2 Å². The molecule has 1 saturated heterocycles. The maximum atomic E-state index is 15.5. The lowest BCUT2D eigenvalue weighted by atomic mass is 10.1. The van der Waals surface area contributed by atoms with E-state index < -0.39 is 5.82 Å². The molecule has 0 aliphatic carbocycles. The van der Waals surface area contributed by atoms with Crippen LogP contribution >= 0.6 is 11.6 Å². The lowest BCUT2D eigenvalue weighted by molar-refractivity contribution is 0.312. The number of benzene rings is 3. The van der Waals surface area contributed by atoms with Gasteiger partial charge in [0.25, 0.3) is 0 Å². The number of fused-ring (bicyclic) bond motifs is 1. The third kappa shape index (κ3) is 5.30. The molecule has 7 nitrogen and oxygen atoms in total. The van der Waals surface area contributed by atoms with Crippen molar-refractivity contribution in [1.29, 1.82) is 0 Å². The molecule has 0 bridgehead atoms. The number of hydrogen-bond donors (Lipinski definition) is 0. The molecule has 3 aromatic carbocycles. The lowest BCUT2D eigenvalue weighted by Gasteiger charge is -2.34. The Morgan fingerprint density at radius 2 is 1.72 bits per heavy atom. The van der Waals surface area contributed by atoms with Crippen LogP contribution in [0.4, 0.5) is 10.1 Å². The zero-order valence-electron chi connectivity index (χ0n) is 21.5. The van der Waals surface area contributed by atoms with E-state index in [1.165, 1.54) is 6.07 Å². The van der Waals surface area contributed by atoms with Crippen LogP contribution in [0.5, 0.6) is 0 Å². The Bertz CT molecular complexity index is 1680. The Hall–Kier alpha value is -4.01. The van der Waals surface area contributed by atoms with Crippen molar-refractivity contribution in [2.45, 2.75) is 13.0 Å². The fourth-order valence-electron chi connectivity index (χ4n) is 4.97. The molecule has 6 rings (SSSR count). The molecule has 2 aromatic heterocycles. The maximum absolute atomic E-state index is 15.5. The van der Waals surface area contributed by atoms with Crippen LogP contribution in [-0.2, 0) is 13.0 Å². The summed E-state index contributed by atoms with van der Waals surface area (Å²) in [6.07, 6.45) is 2.19. The predicted octanol–water partition coefficient (Wildman–Crippen LogP) is 5.23. The minimum Gasteiger partial charge on any atom is -0.367 e. The molecule has 0 spiro atoms. The van der Waals surface area contributed by atoms with Crippen molar-refractivity contribution in [1.82, 2.24) is 19.6 Å². The van der Waals surface area contributed by atoms with E-state index in [1.54, 1.807) is 12.3 Å². The zero-order valence-corrected chi connectivity index (χ0v) is 22.2. The normalized spacial score (nSPS) is 14.3. The molecule has 1 fully saturated rings. The number of halogens is 2. The van der Waals surface area contributed by atoms with E-state index in [-0.39, 0.29) is 22.2 Å². The third-order valence-electron chi connectivity index (χ3n) is 7.17. The van der Waals surface area contributed by atoms with Crippen LogP contribution in [0.2, 0.25) is 5.02 Å². The van der Waals surface area contributed by atoms with Crippen LogP contribution in [0, 0.1) is 5.82 Å². The fourth-order valence-corrected chi connectivity index (χ4v) is 5.10. The Balaban J connectivity index is 1.45. The van der Waals surface area contributed by atoms with Gasteiger partial charge in [-0.1, -0.05) is 59.2 Å². The molecule has 1 aliphatic heterocycles. The number of anilines is 1. The van der Waals surface area contributed by atoms with E-state index in [2.05, 4.69) is 22.1 Å². The van der Waals surface area contributed by atoms with Gasteiger partial charge in [0.1, 0.15) is 5.82 Å². The summed E-state index contributed by atoms with van der Waals surface area (Å²) in [6, 6.07) is 20.4. The summed E-state index contributed by atoms with van der Waals surface area (Å²) in [5.41, 5.74) is 3.06. The van der Waals surface area contributed by atoms with E-state index in [0.717, 1.165) is 24.2 Å². The van der Waals surface area contributed by atoms with Crippen LogP contribution in [-0.4, -0.2) is 52.8 Å². The number of piperazine rings is 1. The molecule has 0 amide bonds. The van der Waals surface area contributed by atoms with Crippen molar-refractivity contribution in [3.63, 3.8) is 0 Å². The van der Waals surface area contributed by atoms with E-state index in [1.807, 2.05) is 64.1 Å². The molecule has 0 atom stereocenters. The smallest absolute Gasteiger partial charge is 0.231 e. The second kappa shape index (κ2) is 10.6. The number of likely N-dealkylation sites (N-methyl/N-ethyl adjacent to an activating group) is 1. The van der Waals surface area contributed by atoms with Crippen molar-refractivity contribution in [3.8, 4) is 11.4 Å². The monoisotopic (exact) mass is 543 g/mol. The summed E-state index contributed by atoms with van der Waals surface area (Å²) in [7, 11) is 2.06. The molecule has 0 unspecified atom stereocenters. The highest BCUT2D eigenvalue weighted by atomic mass is 35.5. The summed E-state index contributed by atoms with van der Waals surface area (Å²) >= 11 is 6.10. The molecule has 3 heterocycles. The quantitative estimate of drug-likeness (QED) is 0.292. The molecule has 0 N–H and O–H groups in total. The van der Waals surface area contributed by atoms with Gasteiger partial charge in [0.2, 0.25) is 17.1 Å². The Morgan fingerprint density at radius 1 is 0.974 bits per heavy atom. The van der Waals surface area contributed by atoms with Crippen molar-refractivity contribution in [2.75, 3.05) is 38.1 Å². The van der Waals surface area contributed by atoms with Crippen molar-refractivity contribution < 1.29 is 8.91 Å². The van der Waals surface area contributed by atoms with Crippen molar-refractivity contribution in [2.24, 2.45) is 0 Å². The van der Waals surface area contributed by atoms with Crippen molar-refractivity contribution >= 4 is 28.2 Å². The van der Waals surface area contributed by atoms with Gasteiger partial charge in [-0.3, -0.25) is 4.79 Å². The summed E-state index contributed by atoms with van der Waals surface area (Å²) in [4.78, 5) is 22.5. The second-order valence-corrected chi connectivity index (χ2v) is 10.3. The van der Waals surface area contributed by atoms with Crippen LogP contribution in [0.15, 0.2) is 82.2 Å². The van der Waals surface area contributed by atoms with Gasteiger partial charge in [-0.2, -0.15) is 4.98 Å². The highest BCUT2D eigenvalue weighted by molar-refractivity contribution is 6.30. The average molecular weight is 544 g/mol. The molecular formula is C30H27ClFN5O2. The highest BCUT2D eigenvalue weighted by Gasteiger charge is 2.22. The Labute approximate surface area is 230 Å². The summed E-state index contributed by atoms with van der Waals surface area (Å²) in [6.45, 7) is 3.56. The Morgan fingerprint density at radius 3 is 2.46 bits per heavy atom. The Kier molecular flexibility index (Phi) is 6.89. The molecular weight excluding hydrogens is 517 g/mol. The van der Waals surface area contributed by atoms with Crippen LogP contribution in [0.25, 0.3) is 22.3 Å².